The van der Waals surface area contributed by atoms with Crippen LogP contribution in [-0.2, 0) is 6.54 Å². The van der Waals surface area contributed by atoms with Crippen LogP contribution in [0.25, 0.3) is 10.4 Å². The summed E-state index contributed by atoms with van der Waals surface area (Å²) >= 11 is 6.97. The summed E-state index contributed by atoms with van der Waals surface area (Å²) in [5, 5.41) is 3.77. The van der Waals surface area contributed by atoms with Gasteiger partial charge in [-0.15, -0.1) is 11.3 Å². The van der Waals surface area contributed by atoms with Gasteiger partial charge in [-0.2, -0.15) is 0 Å². The van der Waals surface area contributed by atoms with Gasteiger partial charge in [-0.3, -0.25) is 0 Å². The second-order valence-corrected chi connectivity index (χ2v) is 2.75. The summed E-state index contributed by atoms with van der Waals surface area (Å²) in [6.45, 7) is 0.292. The van der Waals surface area contributed by atoms with E-state index in [9.17, 15) is 0 Å². The first-order valence-corrected chi connectivity index (χ1v) is 3.69. The van der Waals surface area contributed by atoms with Crippen molar-refractivity contribution < 1.29 is 0 Å². The topological polar surface area (TPSA) is 61.7 Å². The molecule has 52 valence electrons. The number of hydrogen-bond acceptors (Lipinski definition) is 3. The fraction of sp³-hybridized carbons (Fsp3) is 0.250. The van der Waals surface area contributed by atoms with Crippen molar-refractivity contribution in [1.82, 2.24) is 4.98 Å². The van der Waals surface area contributed by atoms with Crippen LogP contribution in [0.15, 0.2) is 10.6 Å². The first-order valence-electron chi connectivity index (χ1n) is 2.43. The lowest BCUT2D eigenvalue weighted by molar-refractivity contribution is 1.07. The molecule has 0 saturated carbocycles. The molecule has 0 aliphatic rings. The van der Waals surface area contributed by atoms with E-state index in [2.05, 4.69) is 15.0 Å². The summed E-state index contributed by atoms with van der Waals surface area (Å²) in [6, 6.07) is 0. The van der Waals surface area contributed by atoms with E-state index in [1.54, 1.807) is 5.51 Å². The van der Waals surface area contributed by atoms with E-state index in [-0.39, 0.29) is 0 Å². The zero-order valence-corrected chi connectivity index (χ0v) is 6.43. The molecule has 1 heterocycles. The first kappa shape index (κ1) is 7.34. The number of nitrogens with zero attached hydrogens (tertiary/aromatic N) is 4. The Bertz CT molecular complexity index is 264. The Morgan fingerprint density at radius 3 is 3.20 bits per heavy atom. The molecule has 1 aromatic rings. The van der Waals surface area contributed by atoms with Crippen LogP contribution in [0.5, 0.6) is 0 Å². The molecule has 4 nitrogen and oxygen atoms in total. The zero-order valence-electron chi connectivity index (χ0n) is 4.86. The smallest absolute Gasteiger partial charge is 0.143 e. The highest BCUT2D eigenvalue weighted by Crippen LogP contribution is 2.18. The summed E-state index contributed by atoms with van der Waals surface area (Å²) in [4.78, 5) is 7.17. The minimum absolute atomic E-state index is 0.292. The Morgan fingerprint density at radius 2 is 2.70 bits per heavy atom. The van der Waals surface area contributed by atoms with Crippen LogP contribution in [0.1, 0.15) is 4.88 Å². The van der Waals surface area contributed by atoms with Crippen LogP contribution in [0.3, 0.4) is 0 Å². The molecule has 0 bridgehead atoms. The first-order chi connectivity index (χ1) is 4.84. The predicted molar refractivity (Wildman–Crippen MR) is 40.0 cm³/mol. The van der Waals surface area contributed by atoms with E-state index in [4.69, 9.17) is 17.1 Å². The molecule has 0 aliphatic carbocycles. The third-order valence-electron chi connectivity index (χ3n) is 0.869. The van der Waals surface area contributed by atoms with Gasteiger partial charge in [0.15, 0.2) is 0 Å². The van der Waals surface area contributed by atoms with Gasteiger partial charge in [-0.25, -0.2) is 4.98 Å². The van der Waals surface area contributed by atoms with Crippen molar-refractivity contribution in [3.05, 3.63) is 26.0 Å². The standard InChI is InChI=1S/C4H3ClN4S/c5-4-3(1-8-9-6)10-2-7-4/h2H,1H2. The van der Waals surface area contributed by atoms with Crippen LogP contribution in [0, 0.1) is 0 Å². The van der Waals surface area contributed by atoms with Crippen molar-refractivity contribution in [1.29, 1.82) is 0 Å². The van der Waals surface area contributed by atoms with Crippen LogP contribution in [-0.4, -0.2) is 4.98 Å². The minimum Gasteiger partial charge on any atom is -0.233 e. The third-order valence-corrected chi connectivity index (χ3v) is 2.12. The fourth-order valence-corrected chi connectivity index (χ4v) is 1.32. The quantitative estimate of drug-likeness (QED) is 0.386. The average molecular weight is 175 g/mol. The molecule has 0 spiro atoms. The highest BCUT2D eigenvalue weighted by atomic mass is 35.5. The normalized spacial score (nSPS) is 8.90. The lowest BCUT2D eigenvalue weighted by Gasteiger charge is -1.84. The third kappa shape index (κ3) is 1.60. The largest absolute Gasteiger partial charge is 0.233 e. The van der Waals surface area contributed by atoms with Gasteiger partial charge in [0.05, 0.1) is 12.1 Å². The second-order valence-electron chi connectivity index (χ2n) is 1.46. The molecule has 0 aromatic carbocycles. The summed E-state index contributed by atoms with van der Waals surface area (Å²) in [5.41, 5.74) is 9.57. The van der Waals surface area contributed by atoms with Crippen LogP contribution >= 0.6 is 22.9 Å². The Kier molecular flexibility index (Phi) is 2.50. The van der Waals surface area contributed by atoms with Crippen molar-refractivity contribution in [3.8, 4) is 0 Å². The zero-order chi connectivity index (χ0) is 7.40. The van der Waals surface area contributed by atoms with Crippen molar-refractivity contribution in [3.63, 3.8) is 0 Å². The number of rotatable bonds is 2. The molecule has 0 unspecified atom stereocenters. The Labute approximate surface area is 66.1 Å². The molecule has 0 fully saturated rings. The van der Waals surface area contributed by atoms with Gasteiger partial charge >= 0.3 is 0 Å². The van der Waals surface area contributed by atoms with Gasteiger partial charge in [-0.05, 0) is 5.53 Å². The maximum absolute atomic E-state index is 7.96. The van der Waals surface area contributed by atoms with Crippen molar-refractivity contribution in [2.24, 2.45) is 5.11 Å². The molecule has 10 heavy (non-hydrogen) atoms. The molecule has 1 rings (SSSR count). The summed E-state index contributed by atoms with van der Waals surface area (Å²) in [7, 11) is 0. The second kappa shape index (κ2) is 3.41. The summed E-state index contributed by atoms with van der Waals surface area (Å²) in [5.74, 6) is 0. The van der Waals surface area contributed by atoms with Crippen LogP contribution < -0.4 is 0 Å². The molecule has 0 saturated heterocycles. The van der Waals surface area contributed by atoms with Gasteiger partial charge in [0, 0.05) is 9.79 Å². The number of thiazole rings is 1. The number of halogens is 1. The lowest BCUT2D eigenvalue weighted by atomic mass is 10.6. The van der Waals surface area contributed by atoms with E-state index < -0.39 is 0 Å². The highest BCUT2D eigenvalue weighted by Gasteiger charge is 1.99. The molecule has 6 heteroatoms. The molecule has 0 aliphatic heterocycles. The van der Waals surface area contributed by atoms with E-state index in [0.29, 0.717) is 11.7 Å². The predicted octanol–water partition coefficient (Wildman–Crippen LogP) is 2.61. The van der Waals surface area contributed by atoms with E-state index in [1.165, 1.54) is 11.3 Å². The van der Waals surface area contributed by atoms with Gasteiger partial charge in [0.2, 0.25) is 0 Å². The van der Waals surface area contributed by atoms with Gasteiger partial charge in [-0.1, -0.05) is 16.7 Å². The average Bonchev–Trinajstić information content (AvgIpc) is 2.31. The van der Waals surface area contributed by atoms with Gasteiger partial charge in [0.25, 0.3) is 0 Å². The van der Waals surface area contributed by atoms with E-state index in [1.807, 2.05) is 0 Å². The van der Waals surface area contributed by atoms with Crippen LogP contribution in [0.4, 0.5) is 0 Å². The van der Waals surface area contributed by atoms with Crippen molar-refractivity contribution in [2.45, 2.75) is 6.54 Å². The van der Waals surface area contributed by atoms with Crippen LogP contribution in [0.2, 0.25) is 5.15 Å². The minimum atomic E-state index is 0.292. The summed E-state index contributed by atoms with van der Waals surface area (Å²) < 4.78 is 0. The molecule has 0 N–H and O–H groups in total. The molecule has 0 atom stereocenters. The number of azide groups is 1. The molecule has 0 radical (unpaired) electrons. The van der Waals surface area contributed by atoms with E-state index >= 15 is 0 Å². The fourth-order valence-electron chi connectivity index (χ4n) is 0.455. The van der Waals surface area contributed by atoms with Crippen molar-refractivity contribution in [2.75, 3.05) is 0 Å². The van der Waals surface area contributed by atoms with E-state index in [0.717, 1.165) is 4.88 Å². The Hall–Kier alpha value is -0.770. The maximum atomic E-state index is 7.96. The number of hydrogen-bond donors (Lipinski definition) is 0. The maximum Gasteiger partial charge on any atom is 0.143 e. The van der Waals surface area contributed by atoms with Crippen molar-refractivity contribution >= 4 is 22.9 Å². The number of aromatic nitrogens is 1. The molecule has 1 aromatic heterocycles. The molecular weight excluding hydrogens is 172 g/mol. The molecular formula is C4H3ClN4S. The Balaban J connectivity index is 2.74. The summed E-state index contributed by atoms with van der Waals surface area (Å²) in [6.07, 6.45) is 0. The monoisotopic (exact) mass is 174 g/mol. The van der Waals surface area contributed by atoms with Gasteiger partial charge < -0.3 is 0 Å². The Morgan fingerprint density at radius 1 is 1.90 bits per heavy atom. The SMILES string of the molecule is [N-]=[N+]=NCc1scnc1Cl. The molecule has 0 amide bonds. The van der Waals surface area contributed by atoms with Gasteiger partial charge in [0.1, 0.15) is 5.15 Å². The highest BCUT2D eigenvalue weighted by molar-refractivity contribution is 7.10. The lowest BCUT2D eigenvalue weighted by Crippen LogP contribution is -1.72.